The van der Waals surface area contributed by atoms with Crippen molar-refractivity contribution in [3.63, 3.8) is 0 Å². The molecule has 0 saturated heterocycles. The van der Waals surface area contributed by atoms with Gasteiger partial charge in [0.25, 0.3) is 0 Å². The Morgan fingerprint density at radius 3 is 2.68 bits per heavy atom. The number of halogens is 2. The Labute approximate surface area is 123 Å². The molecule has 1 aliphatic rings. The molecule has 4 heteroatoms. The van der Waals surface area contributed by atoms with Crippen LogP contribution in [0.3, 0.4) is 0 Å². The maximum Gasteiger partial charge on any atom is 0.129 e. The molecule has 0 aromatic heterocycles. The first-order valence-electron chi connectivity index (χ1n) is 7.04. The van der Waals surface area contributed by atoms with Crippen LogP contribution in [0.4, 0.5) is 4.39 Å². The van der Waals surface area contributed by atoms with Crippen LogP contribution in [-0.2, 0) is 0 Å². The Morgan fingerprint density at radius 1 is 1.47 bits per heavy atom. The van der Waals surface area contributed by atoms with Gasteiger partial charge >= 0.3 is 0 Å². The average Bonchev–Trinajstić information content (AvgIpc) is 2.33. The zero-order valence-electron chi connectivity index (χ0n) is 11.4. The van der Waals surface area contributed by atoms with E-state index in [1.807, 2.05) is 12.1 Å². The number of nitrogens with two attached hydrogens (primary N) is 1. The third-order valence-corrected chi connectivity index (χ3v) is 4.60. The van der Waals surface area contributed by atoms with Gasteiger partial charge in [0.05, 0.1) is 0 Å². The van der Waals surface area contributed by atoms with Gasteiger partial charge in [-0.25, -0.2) is 4.39 Å². The highest BCUT2D eigenvalue weighted by molar-refractivity contribution is 9.10. The minimum Gasteiger partial charge on any atom is -0.329 e. The van der Waals surface area contributed by atoms with Gasteiger partial charge in [-0.3, -0.25) is 4.90 Å². The minimum atomic E-state index is -0.170. The molecule has 1 aromatic rings. The van der Waals surface area contributed by atoms with E-state index < -0.39 is 0 Å². The zero-order chi connectivity index (χ0) is 13.8. The van der Waals surface area contributed by atoms with Crippen LogP contribution in [-0.4, -0.2) is 24.5 Å². The van der Waals surface area contributed by atoms with Crippen molar-refractivity contribution in [1.29, 1.82) is 0 Å². The molecule has 19 heavy (non-hydrogen) atoms. The van der Waals surface area contributed by atoms with Crippen molar-refractivity contribution >= 4 is 15.9 Å². The highest BCUT2D eigenvalue weighted by Gasteiger charge is 2.26. The van der Waals surface area contributed by atoms with E-state index in [2.05, 4.69) is 27.8 Å². The van der Waals surface area contributed by atoms with Crippen molar-refractivity contribution in [2.45, 2.75) is 32.2 Å². The van der Waals surface area contributed by atoms with Gasteiger partial charge in [-0.05, 0) is 37.4 Å². The lowest BCUT2D eigenvalue weighted by Crippen LogP contribution is -2.39. The quantitative estimate of drug-likeness (QED) is 0.862. The summed E-state index contributed by atoms with van der Waals surface area (Å²) in [6, 6.07) is 5.24. The molecule has 1 fully saturated rings. The van der Waals surface area contributed by atoms with E-state index in [0.717, 1.165) is 23.5 Å². The maximum atomic E-state index is 14.1. The predicted molar refractivity (Wildman–Crippen MR) is 80.5 cm³/mol. The lowest BCUT2D eigenvalue weighted by atomic mass is 9.84. The number of likely N-dealkylation sites (N-methyl/N-ethyl adjacent to an activating group) is 1. The molecule has 1 unspecified atom stereocenters. The van der Waals surface area contributed by atoms with Crippen LogP contribution in [0.25, 0.3) is 0 Å². The van der Waals surface area contributed by atoms with Crippen LogP contribution >= 0.6 is 15.9 Å². The third-order valence-electron chi connectivity index (χ3n) is 4.11. The molecule has 1 atom stereocenters. The van der Waals surface area contributed by atoms with Gasteiger partial charge in [-0.2, -0.15) is 0 Å². The standard InChI is InChI=1S/C15H22BrFN2/c1-2-19(10-11-4-3-5-11)15(9-18)13-7-6-12(16)8-14(13)17/h6-8,11,15H,2-5,9-10,18H2,1H3. The topological polar surface area (TPSA) is 29.3 Å². The summed E-state index contributed by atoms with van der Waals surface area (Å²) >= 11 is 3.30. The van der Waals surface area contributed by atoms with Gasteiger partial charge in [0.2, 0.25) is 0 Å². The molecule has 0 spiro atoms. The molecular formula is C15H22BrFN2. The van der Waals surface area contributed by atoms with E-state index >= 15 is 0 Å². The summed E-state index contributed by atoms with van der Waals surface area (Å²) in [6.45, 7) is 4.53. The fourth-order valence-corrected chi connectivity index (χ4v) is 3.06. The molecule has 0 aliphatic heterocycles. The maximum absolute atomic E-state index is 14.1. The van der Waals surface area contributed by atoms with E-state index in [1.165, 1.54) is 25.3 Å². The predicted octanol–water partition coefficient (Wildman–Crippen LogP) is 3.71. The first-order chi connectivity index (χ1) is 9.15. The first-order valence-corrected chi connectivity index (χ1v) is 7.84. The Balaban J connectivity index is 2.15. The number of hydrogen-bond acceptors (Lipinski definition) is 2. The van der Waals surface area contributed by atoms with Gasteiger partial charge in [0, 0.05) is 29.2 Å². The van der Waals surface area contributed by atoms with Gasteiger partial charge < -0.3 is 5.73 Å². The summed E-state index contributed by atoms with van der Waals surface area (Å²) in [5, 5.41) is 0. The third kappa shape index (κ3) is 3.56. The number of hydrogen-bond donors (Lipinski definition) is 1. The van der Waals surface area contributed by atoms with Crippen LogP contribution in [0.5, 0.6) is 0 Å². The van der Waals surface area contributed by atoms with E-state index in [4.69, 9.17) is 5.73 Å². The van der Waals surface area contributed by atoms with Crippen molar-refractivity contribution in [3.8, 4) is 0 Å². The Morgan fingerprint density at radius 2 is 2.21 bits per heavy atom. The smallest absolute Gasteiger partial charge is 0.129 e. The monoisotopic (exact) mass is 328 g/mol. The largest absolute Gasteiger partial charge is 0.329 e. The molecule has 2 N–H and O–H groups in total. The van der Waals surface area contributed by atoms with Crippen molar-refractivity contribution in [2.24, 2.45) is 11.7 Å². The molecule has 2 nitrogen and oxygen atoms in total. The van der Waals surface area contributed by atoms with E-state index in [0.29, 0.717) is 12.1 Å². The van der Waals surface area contributed by atoms with Crippen molar-refractivity contribution in [2.75, 3.05) is 19.6 Å². The Kier molecular flexibility index (Phi) is 5.37. The Hall–Kier alpha value is -0.450. The zero-order valence-corrected chi connectivity index (χ0v) is 13.0. The van der Waals surface area contributed by atoms with E-state index in [9.17, 15) is 4.39 Å². The van der Waals surface area contributed by atoms with E-state index in [1.54, 1.807) is 0 Å². The van der Waals surface area contributed by atoms with Crippen LogP contribution < -0.4 is 5.73 Å². The van der Waals surface area contributed by atoms with Crippen LogP contribution in [0, 0.1) is 11.7 Å². The van der Waals surface area contributed by atoms with Crippen LogP contribution in [0.1, 0.15) is 37.8 Å². The fourth-order valence-electron chi connectivity index (χ4n) is 2.73. The molecule has 0 radical (unpaired) electrons. The van der Waals surface area contributed by atoms with Crippen molar-refractivity contribution in [1.82, 2.24) is 4.90 Å². The normalized spacial score (nSPS) is 17.5. The molecule has 0 heterocycles. The second kappa shape index (κ2) is 6.82. The lowest BCUT2D eigenvalue weighted by molar-refractivity contribution is 0.139. The number of benzene rings is 1. The molecule has 1 saturated carbocycles. The van der Waals surface area contributed by atoms with E-state index in [-0.39, 0.29) is 11.9 Å². The van der Waals surface area contributed by atoms with Gasteiger partial charge in [0.15, 0.2) is 0 Å². The van der Waals surface area contributed by atoms with Crippen LogP contribution in [0.15, 0.2) is 22.7 Å². The Bertz CT molecular complexity index is 421. The molecular weight excluding hydrogens is 307 g/mol. The molecule has 1 aliphatic carbocycles. The van der Waals surface area contributed by atoms with Gasteiger partial charge in [-0.15, -0.1) is 0 Å². The van der Waals surface area contributed by atoms with Crippen molar-refractivity contribution in [3.05, 3.63) is 34.1 Å². The van der Waals surface area contributed by atoms with Gasteiger partial charge in [0.1, 0.15) is 5.82 Å². The molecule has 1 aromatic carbocycles. The summed E-state index contributed by atoms with van der Waals surface area (Å²) in [5.74, 6) is 0.601. The summed E-state index contributed by atoms with van der Waals surface area (Å²) in [4.78, 5) is 2.32. The number of rotatable bonds is 6. The molecule has 106 valence electrons. The lowest BCUT2D eigenvalue weighted by Gasteiger charge is -2.36. The van der Waals surface area contributed by atoms with Crippen LogP contribution in [0.2, 0.25) is 0 Å². The second-order valence-electron chi connectivity index (χ2n) is 5.30. The number of nitrogens with zero attached hydrogens (tertiary/aromatic N) is 1. The SMILES string of the molecule is CCN(CC1CCC1)C(CN)c1ccc(Br)cc1F. The fraction of sp³-hybridized carbons (Fsp3) is 0.600. The summed E-state index contributed by atoms with van der Waals surface area (Å²) < 4.78 is 14.9. The molecule has 0 amide bonds. The average molecular weight is 329 g/mol. The minimum absolute atomic E-state index is 0.0151. The first kappa shape index (κ1) is 14.9. The summed E-state index contributed by atoms with van der Waals surface area (Å²) in [7, 11) is 0. The summed E-state index contributed by atoms with van der Waals surface area (Å²) in [5.41, 5.74) is 6.62. The molecule has 2 rings (SSSR count). The van der Waals surface area contributed by atoms with Crippen molar-refractivity contribution < 1.29 is 4.39 Å². The second-order valence-corrected chi connectivity index (χ2v) is 6.22. The van der Waals surface area contributed by atoms with Gasteiger partial charge in [-0.1, -0.05) is 35.3 Å². The highest BCUT2D eigenvalue weighted by Crippen LogP contribution is 2.31. The highest BCUT2D eigenvalue weighted by atomic mass is 79.9. The molecule has 0 bridgehead atoms. The summed E-state index contributed by atoms with van der Waals surface area (Å²) in [6.07, 6.45) is 3.94.